The fourth-order valence-corrected chi connectivity index (χ4v) is 1.91. The Morgan fingerprint density at radius 2 is 1.58 bits per heavy atom. The van der Waals surface area contributed by atoms with Gasteiger partial charge in [0.1, 0.15) is 0 Å². The lowest BCUT2D eigenvalue weighted by Gasteiger charge is -2.14. The molecule has 0 radical (unpaired) electrons. The number of aromatic nitrogens is 1. The molecule has 0 saturated carbocycles. The molecule has 19 heavy (non-hydrogen) atoms. The summed E-state index contributed by atoms with van der Waals surface area (Å²) < 4.78 is 59.1. The molecule has 1 heterocycles. The highest BCUT2D eigenvalue weighted by Gasteiger charge is 2.29. The highest BCUT2D eigenvalue weighted by Crippen LogP contribution is 2.36. The fraction of sp³-hybridized carbons (Fsp3) is 0.308. The van der Waals surface area contributed by atoms with Gasteiger partial charge in [-0.2, -0.15) is 0 Å². The average Bonchev–Trinajstić information content (AvgIpc) is 2.76. The first-order valence-electron chi connectivity index (χ1n) is 5.64. The van der Waals surface area contributed by atoms with Gasteiger partial charge in [0.25, 0.3) is 0 Å². The number of halogens is 4. The minimum Gasteiger partial charge on any atom is -0.356 e. The Kier molecular flexibility index (Phi) is 3.34. The topological polar surface area (TPSA) is 26.0 Å². The van der Waals surface area contributed by atoms with Crippen molar-refractivity contribution < 1.29 is 22.1 Å². The van der Waals surface area contributed by atoms with Crippen LogP contribution in [0.25, 0.3) is 11.3 Å². The standard InChI is InChI=1S/C13H11F4NO/c1-5(2)8-9(7-4-6(3)18-19-7)11(15)13(17)12(16)10(8)14/h4-5H,1-3H3. The smallest absolute Gasteiger partial charge is 0.198 e. The monoisotopic (exact) mass is 273 g/mol. The van der Waals surface area contributed by atoms with E-state index in [2.05, 4.69) is 5.16 Å². The van der Waals surface area contributed by atoms with E-state index in [-0.39, 0.29) is 11.3 Å². The summed E-state index contributed by atoms with van der Waals surface area (Å²) in [5.74, 6) is -7.23. The van der Waals surface area contributed by atoms with Crippen molar-refractivity contribution in [2.45, 2.75) is 26.7 Å². The van der Waals surface area contributed by atoms with Crippen molar-refractivity contribution >= 4 is 0 Å². The van der Waals surface area contributed by atoms with Crippen molar-refractivity contribution in [1.29, 1.82) is 0 Å². The van der Waals surface area contributed by atoms with E-state index in [1.54, 1.807) is 20.8 Å². The van der Waals surface area contributed by atoms with Gasteiger partial charge in [-0.05, 0) is 12.8 Å². The number of hydrogen-bond donors (Lipinski definition) is 0. The lowest BCUT2D eigenvalue weighted by molar-refractivity contribution is 0.394. The number of benzene rings is 1. The Bertz CT molecular complexity index is 634. The van der Waals surface area contributed by atoms with E-state index in [9.17, 15) is 17.6 Å². The molecule has 0 spiro atoms. The van der Waals surface area contributed by atoms with Crippen LogP contribution in [0.2, 0.25) is 0 Å². The van der Waals surface area contributed by atoms with E-state index in [0.29, 0.717) is 5.69 Å². The molecule has 0 fully saturated rings. The molecule has 0 atom stereocenters. The van der Waals surface area contributed by atoms with Crippen molar-refractivity contribution in [3.05, 3.63) is 40.6 Å². The van der Waals surface area contributed by atoms with E-state index >= 15 is 0 Å². The first-order chi connectivity index (χ1) is 8.84. The number of aryl methyl sites for hydroxylation is 1. The van der Waals surface area contributed by atoms with Crippen molar-refractivity contribution in [3.63, 3.8) is 0 Å². The Morgan fingerprint density at radius 3 is 2.05 bits per heavy atom. The molecular formula is C13H11F4NO. The van der Waals surface area contributed by atoms with Crippen molar-refractivity contribution in [1.82, 2.24) is 5.16 Å². The largest absolute Gasteiger partial charge is 0.356 e. The minimum absolute atomic E-state index is 0.128. The molecule has 0 amide bonds. The van der Waals surface area contributed by atoms with Gasteiger partial charge in [-0.15, -0.1) is 0 Å². The lowest BCUT2D eigenvalue weighted by atomic mass is 9.94. The van der Waals surface area contributed by atoms with Crippen LogP contribution in [0.4, 0.5) is 17.6 Å². The maximum Gasteiger partial charge on any atom is 0.198 e. The molecule has 2 rings (SSSR count). The first kappa shape index (κ1) is 13.6. The SMILES string of the molecule is Cc1cc(-c2c(F)c(F)c(F)c(F)c2C(C)C)on1. The molecule has 0 unspecified atom stereocenters. The number of hydrogen-bond acceptors (Lipinski definition) is 2. The van der Waals surface area contributed by atoms with Crippen molar-refractivity contribution in [3.8, 4) is 11.3 Å². The summed E-state index contributed by atoms with van der Waals surface area (Å²) in [5, 5.41) is 3.54. The second kappa shape index (κ2) is 4.68. The molecule has 0 aliphatic heterocycles. The Morgan fingerprint density at radius 1 is 1.00 bits per heavy atom. The van der Waals surface area contributed by atoms with Gasteiger partial charge in [0.15, 0.2) is 29.0 Å². The zero-order valence-electron chi connectivity index (χ0n) is 10.5. The predicted molar refractivity (Wildman–Crippen MR) is 60.6 cm³/mol. The van der Waals surface area contributed by atoms with Crippen LogP contribution in [0.3, 0.4) is 0 Å². The summed E-state index contributed by atoms with van der Waals surface area (Å²) in [6.45, 7) is 4.67. The highest BCUT2D eigenvalue weighted by molar-refractivity contribution is 5.64. The summed E-state index contributed by atoms with van der Waals surface area (Å²) in [6, 6.07) is 1.33. The van der Waals surface area contributed by atoms with Crippen molar-refractivity contribution in [2.75, 3.05) is 0 Å². The molecule has 6 heteroatoms. The minimum atomic E-state index is -1.86. The molecule has 0 saturated heterocycles. The van der Waals surface area contributed by atoms with Crippen molar-refractivity contribution in [2.24, 2.45) is 0 Å². The zero-order valence-corrected chi connectivity index (χ0v) is 10.5. The van der Waals surface area contributed by atoms with Crippen LogP contribution in [0, 0.1) is 30.2 Å². The molecule has 2 aromatic rings. The summed E-state index contributed by atoms with van der Waals surface area (Å²) in [4.78, 5) is 0. The lowest BCUT2D eigenvalue weighted by Crippen LogP contribution is -2.07. The molecule has 2 nitrogen and oxygen atoms in total. The van der Waals surface area contributed by atoms with Gasteiger partial charge in [-0.25, -0.2) is 17.6 Å². The van der Waals surface area contributed by atoms with E-state index in [1.165, 1.54) is 6.07 Å². The van der Waals surface area contributed by atoms with Gasteiger partial charge >= 0.3 is 0 Å². The van der Waals surface area contributed by atoms with E-state index in [4.69, 9.17) is 4.52 Å². The van der Waals surface area contributed by atoms with Crippen LogP contribution >= 0.6 is 0 Å². The fourth-order valence-electron chi connectivity index (χ4n) is 1.91. The normalized spacial score (nSPS) is 11.4. The molecule has 102 valence electrons. The van der Waals surface area contributed by atoms with Gasteiger partial charge < -0.3 is 4.52 Å². The average molecular weight is 273 g/mol. The zero-order chi connectivity index (χ0) is 14.3. The second-order valence-electron chi connectivity index (χ2n) is 4.53. The van der Waals surface area contributed by atoms with Gasteiger partial charge in [0, 0.05) is 11.6 Å². The predicted octanol–water partition coefficient (Wildman–Crippen LogP) is 4.33. The number of nitrogens with zero attached hydrogens (tertiary/aromatic N) is 1. The third-order valence-electron chi connectivity index (χ3n) is 2.76. The Balaban J connectivity index is 2.85. The Hall–Kier alpha value is -1.85. The van der Waals surface area contributed by atoms with E-state index < -0.39 is 34.8 Å². The summed E-state index contributed by atoms with van der Waals surface area (Å²) in [6.07, 6.45) is 0. The molecular weight excluding hydrogens is 262 g/mol. The molecule has 0 aliphatic rings. The highest BCUT2D eigenvalue weighted by atomic mass is 19.2. The van der Waals surface area contributed by atoms with Crippen LogP contribution < -0.4 is 0 Å². The van der Waals surface area contributed by atoms with Crippen LogP contribution in [0.5, 0.6) is 0 Å². The summed E-state index contributed by atoms with van der Waals surface area (Å²) in [7, 11) is 0. The summed E-state index contributed by atoms with van der Waals surface area (Å²) >= 11 is 0. The Labute approximate surface area is 107 Å². The van der Waals surface area contributed by atoms with Gasteiger partial charge in [-0.3, -0.25) is 0 Å². The van der Waals surface area contributed by atoms with Gasteiger partial charge in [0.05, 0.1) is 11.3 Å². The molecule has 0 aliphatic carbocycles. The van der Waals surface area contributed by atoms with Crippen LogP contribution in [0.15, 0.2) is 10.6 Å². The van der Waals surface area contributed by atoms with Crippen LogP contribution in [-0.2, 0) is 0 Å². The number of rotatable bonds is 2. The quantitative estimate of drug-likeness (QED) is 0.462. The second-order valence-corrected chi connectivity index (χ2v) is 4.53. The maximum atomic E-state index is 13.9. The third kappa shape index (κ3) is 2.11. The van der Waals surface area contributed by atoms with Crippen LogP contribution in [-0.4, -0.2) is 5.16 Å². The molecule has 0 bridgehead atoms. The molecule has 1 aromatic carbocycles. The molecule has 0 N–H and O–H groups in total. The van der Waals surface area contributed by atoms with Crippen LogP contribution in [0.1, 0.15) is 31.0 Å². The molecule has 1 aromatic heterocycles. The van der Waals surface area contributed by atoms with E-state index in [0.717, 1.165) is 0 Å². The maximum absolute atomic E-state index is 13.9. The first-order valence-corrected chi connectivity index (χ1v) is 5.64. The third-order valence-corrected chi connectivity index (χ3v) is 2.76. The van der Waals surface area contributed by atoms with Gasteiger partial charge in [-0.1, -0.05) is 19.0 Å². The summed E-state index contributed by atoms with van der Waals surface area (Å²) in [5.41, 5.74) is -0.270. The van der Waals surface area contributed by atoms with E-state index in [1.807, 2.05) is 0 Å². The van der Waals surface area contributed by atoms with Gasteiger partial charge in [0.2, 0.25) is 0 Å².